The third-order valence-electron chi connectivity index (χ3n) is 4.70. The number of nitrogens with one attached hydrogen (secondary N) is 1. The second-order valence-electron chi connectivity index (χ2n) is 6.55. The minimum Gasteiger partial charge on any atom is -0.496 e. The van der Waals surface area contributed by atoms with Crippen LogP contribution in [-0.2, 0) is 4.74 Å². The molecule has 0 aromatic heterocycles. The number of halogens is 1. The summed E-state index contributed by atoms with van der Waals surface area (Å²) in [6.45, 7) is 2.41. The van der Waals surface area contributed by atoms with E-state index in [-0.39, 0.29) is 5.91 Å². The highest BCUT2D eigenvalue weighted by Gasteiger charge is 2.15. The Bertz CT molecular complexity index is 757. The first kappa shape index (κ1) is 18.7. The van der Waals surface area contributed by atoms with Gasteiger partial charge in [-0.25, -0.2) is 0 Å². The molecule has 138 valence electrons. The van der Waals surface area contributed by atoms with Crippen LogP contribution in [0.25, 0.3) is 11.1 Å². The highest BCUT2D eigenvalue weighted by molar-refractivity contribution is 6.31. The molecule has 1 unspecified atom stereocenters. The molecule has 0 radical (unpaired) electrons. The zero-order valence-corrected chi connectivity index (χ0v) is 15.7. The van der Waals surface area contributed by atoms with Gasteiger partial charge in [0.25, 0.3) is 5.91 Å². The standard InChI is InChI=1S/C21H24ClNO3/c1-25-20-8-7-18(22)13-19(20)16-5-2-6-17(12-16)21(24)23-10-3-4-15-9-11-26-14-15/h2,5-8,12-13,15H,3-4,9-11,14H2,1H3,(H,23,24). The van der Waals surface area contributed by atoms with Crippen molar-refractivity contribution in [3.63, 3.8) is 0 Å². The Labute approximate surface area is 159 Å². The second kappa shape index (κ2) is 9.06. The number of methoxy groups -OCH3 is 1. The van der Waals surface area contributed by atoms with E-state index in [4.69, 9.17) is 21.1 Å². The lowest BCUT2D eigenvalue weighted by Crippen LogP contribution is -2.24. The van der Waals surface area contributed by atoms with E-state index in [1.807, 2.05) is 36.4 Å². The number of rotatable bonds is 7. The van der Waals surface area contributed by atoms with Crippen molar-refractivity contribution in [2.24, 2.45) is 5.92 Å². The molecule has 1 N–H and O–H groups in total. The SMILES string of the molecule is COc1ccc(Cl)cc1-c1cccc(C(=O)NCCCC2CCOC2)c1. The molecule has 1 fully saturated rings. The van der Waals surface area contributed by atoms with Gasteiger partial charge in [0.15, 0.2) is 0 Å². The largest absolute Gasteiger partial charge is 0.496 e. The fourth-order valence-corrected chi connectivity index (χ4v) is 3.41. The van der Waals surface area contributed by atoms with Crippen LogP contribution >= 0.6 is 11.6 Å². The number of carbonyl (C=O) groups is 1. The van der Waals surface area contributed by atoms with Crippen LogP contribution in [0.2, 0.25) is 5.02 Å². The average molecular weight is 374 g/mol. The van der Waals surface area contributed by atoms with Gasteiger partial charge in [0.05, 0.1) is 7.11 Å². The van der Waals surface area contributed by atoms with Crippen LogP contribution in [0.5, 0.6) is 5.75 Å². The molecule has 0 spiro atoms. The molecule has 2 aromatic carbocycles. The van der Waals surface area contributed by atoms with Crippen molar-refractivity contribution in [3.8, 4) is 16.9 Å². The summed E-state index contributed by atoms with van der Waals surface area (Å²) in [6, 6.07) is 13.0. The third-order valence-corrected chi connectivity index (χ3v) is 4.93. The molecule has 1 heterocycles. The quantitative estimate of drug-likeness (QED) is 0.723. The molecule has 1 aliphatic rings. The van der Waals surface area contributed by atoms with Gasteiger partial charge in [-0.15, -0.1) is 0 Å². The van der Waals surface area contributed by atoms with E-state index in [1.54, 1.807) is 13.2 Å². The van der Waals surface area contributed by atoms with Crippen LogP contribution in [-0.4, -0.2) is 32.8 Å². The number of hydrogen-bond acceptors (Lipinski definition) is 3. The number of carbonyl (C=O) groups excluding carboxylic acids is 1. The molecule has 26 heavy (non-hydrogen) atoms. The van der Waals surface area contributed by atoms with E-state index in [9.17, 15) is 4.79 Å². The lowest BCUT2D eigenvalue weighted by molar-refractivity contribution is 0.0952. The summed E-state index contributed by atoms with van der Waals surface area (Å²) in [5.41, 5.74) is 2.41. The van der Waals surface area contributed by atoms with Crippen molar-refractivity contribution in [1.82, 2.24) is 5.32 Å². The lowest BCUT2D eigenvalue weighted by atomic mass is 10.0. The molecule has 4 nitrogen and oxygen atoms in total. The molecule has 5 heteroatoms. The maximum absolute atomic E-state index is 12.5. The topological polar surface area (TPSA) is 47.6 Å². The summed E-state index contributed by atoms with van der Waals surface area (Å²) in [5.74, 6) is 1.31. The average Bonchev–Trinajstić information content (AvgIpc) is 3.18. The van der Waals surface area contributed by atoms with Gasteiger partial charge in [-0.05, 0) is 61.1 Å². The predicted molar refractivity (Wildman–Crippen MR) is 104 cm³/mol. The molecular formula is C21H24ClNO3. The Kier molecular flexibility index (Phi) is 6.53. The Balaban J connectivity index is 1.63. The van der Waals surface area contributed by atoms with Crippen molar-refractivity contribution in [2.45, 2.75) is 19.3 Å². The van der Waals surface area contributed by atoms with Gasteiger partial charge in [-0.1, -0.05) is 23.7 Å². The first-order chi connectivity index (χ1) is 12.7. The van der Waals surface area contributed by atoms with Gasteiger partial charge in [-0.3, -0.25) is 4.79 Å². The van der Waals surface area contributed by atoms with Crippen molar-refractivity contribution >= 4 is 17.5 Å². The molecule has 1 amide bonds. The maximum atomic E-state index is 12.5. The van der Waals surface area contributed by atoms with Gasteiger partial charge in [0.1, 0.15) is 5.75 Å². The normalized spacial score (nSPS) is 16.5. The van der Waals surface area contributed by atoms with Gasteiger partial charge in [0, 0.05) is 35.9 Å². The van der Waals surface area contributed by atoms with Crippen molar-refractivity contribution in [1.29, 1.82) is 0 Å². The van der Waals surface area contributed by atoms with Crippen molar-refractivity contribution in [3.05, 3.63) is 53.1 Å². The van der Waals surface area contributed by atoms with Crippen molar-refractivity contribution < 1.29 is 14.3 Å². The van der Waals surface area contributed by atoms with E-state index >= 15 is 0 Å². The van der Waals surface area contributed by atoms with Crippen LogP contribution in [0.15, 0.2) is 42.5 Å². The number of hydrogen-bond donors (Lipinski definition) is 1. The lowest BCUT2D eigenvalue weighted by Gasteiger charge is -2.11. The summed E-state index contributed by atoms with van der Waals surface area (Å²) in [7, 11) is 1.62. The van der Waals surface area contributed by atoms with Gasteiger partial charge in [-0.2, -0.15) is 0 Å². The Hall–Kier alpha value is -2.04. The summed E-state index contributed by atoms with van der Waals surface area (Å²) >= 11 is 6.12. The minimum absolute atomic E-state index is 0.0597. The van der Waals surface area contributed by atoms with E-state index in [2.05, 4.69) is 5.32 Å². The summed E-state index contributed by atoms with van der Waals surface area (Å²) in [4.78, 5) is 12.5. The maximum Gasteiger partial charge on any atom is 0.251 e. The Morgan fingerprint density at radius 1 is 1.31 bits per heavy atom. The Morgan fingerprint density at radius 3 is 2.96 bits per heavy atom. The van der Waals surface area contributed by atoms with E-state index in [0.29, 0.717) is 23.0 Å². The van der Waals surface area contributed by atoms with Crippen LogP contribution in [0, 0.1) is 5.92 Å². The van der Waals surface area contributed by atoms with Crippen LogP contribution in [0.4, 0.5) is 0 Å². The molecule has 1 aliphatic heterocycles. The molecule has 2 aromatic rings. The highest BCUT2D eigenvalue weighted by Crippen LogP contribution is 2.32. The minimum atomic E-state index is -0.0597. The molecule has 1 atom stereocenters. The highest BCUT2D eigenvalue weighted by atomic mass is 35.5. The number of ether oxygens (including phenoxy) is 2. The predicted octanol–water partition coefficient (Wildman–Crippen LogP) is 4.56. The van der Waals surface area contributed by atoms with Gasteiger partial charge < -0.3 is 14.8 Å². The van der Waals surface area contributed by atoms with Crippen LogP contribution in [0.3, 0.4) is 0 Å². The van der Waals surface area contributed by atoms with Gasteiger partial charge >= 0.3 is 0 Å². The zero-order valence-electron chi connectivity index (χ0n) is 15.0. The van der Waals surface area contributed by atoms with Crippen LogP contribution < -0.4 is 10.1 Å². The smallest absolute Gasteiger partial charge is 0.251 e. The first-order valence-corrected chi connectivity index (χ1v) is 9.35. The monoisotopic (exact) mass is 373 g/mol. The Morgan fingerprint density at radius 2 is 2.19 bits per heavy atom. The molecule has 0 aliphatic carbocycles. The summed E-state index contributed by atoms with van der Waals surface area (Å²) in [5, 5.41) is 3.64. The van der Waals surface area contributed by atoms with E-state index < -0.39 is 0 Å². The van der Waals surface area contributed by atoms with Gasteiger partial charge in [0.2, 0.25) is 0 Å². The third kappa shape index (κ3) is 4.77. The first-order valence-electron chi connectivity index (χ1n) is 8.97. The summed E-state index contributed by atoms with van der Waals surface area (Å²) < 4.78 is 10.8. The molecule has 0 saturated carbocycles. The fraction of sp³-hybridized carbons (Fsp3) is 0.381. The zero-order chi connectivity index (χ0) is 18.4. The molecule has 3 rings (SSSR count). The number of amides is 1. The van der Waals surface area contributed by atoms with Crippen molar-refractivity contribution in [2.75, 3.05) is 26.9 Å². The fourth-order valence-electron chi connectivity index (χ4n) is 3.24. The molecular weight excluding hydrogens is 350 g/mol. The van der Waals surface area contributed by atoms with E-state index in [1.165, 1.54) is 0 Å². The van der Waals surface area contributed by atoms with E-state index in [0.717, 1.165) is 49.4 Å². The number of benzene rings is 2. The van der Waals surface area contributed by atoms with Crippen LogP contribution in [0.1, 0.15) is 29.6 Å². The second-order valence-corrected chi connectivity index (χ2v) is 6.99. The summed E-state index contributed by atoms with van der Waals surface area (Å²) in [6.07, 6.45) is 3.21. The molecule has 1 saturated heterocycles. The molecule has 0 bridgehead atoms.